The van der Waals surface area contributed by atoms with Crippen LogP contribution in [0.1, 0.15) is 49.1 Å². The van der Waals surface area contributed by atoms with Crippen molar-refractivity contribution in [2.45, 2.75) is 40.2 Å². The molecule has 1 heterocycles. The number of amides is 1. The summed E-state index contributed by atoms with van der Waals surface area (Å²) in [5.74, 6) is 0.839. The highest BCUT2D eigenvalue weighted by molar-refractivity contribution is 6.01. The summed E-state index contributed by atoms with van der Waals surface area (Å²) < 4.78 is 22.1. The Morgan fingerprint density at radius 2 is 1.89 bits per heavy atom. The van der Waals surface area contributed by atoms with Gasteiger partial charge >= 0.3 is 5.97 Å². The van der Waals surface area contributed by atoms with Crippen LogP contribution in [0.5, 0.6) is 17.2 Å². The van der Waals surface area contributed by atoms with Crippen molar-refractivity contribution in [2.75, 3.05) is 13.2 Å². The minimum absolute atomic E-state index is 0.0914. The molecule has 0 radical (unpaired) electrons. The zero-order chi connectivity index (χ0) is 26.8. The van der Waals surface area contributed by atoms with Crippen molar-refractivity contribution in [3.8, 4) is 23.3 Å². The fourth-order valence-electron chi connectivity index (χ4n) is 3.49. The van der Waals surface area contributed by atoms with E-state index in [1.165, 1.54) is 12.3 Å². The third kappa shape index (κ3) is 7.74. The molecule has 37 heavy (non-hydrogen) atoms. The van der Waals surface area contributed by atoms with Gasteiger partial charge in [0.1, 0.15) is 23.2 Å². The van der Waals surface area contributed by atoms with Gasteiger partial charge in [-0.1, -0.05) is 32.0 Å². The van der Waals surface area contributed by atoms with Crippen molar-refractivity contribution in [1.29, 1.82) is 5.26 Å². The smallest absolute Gasteiger partial charge is 0.349 e. The molecule has 3 aromatic rings. The van der Waals surface area contributed by atoms with E-state index in [-0.39, 0.29) is 30.4 Å². The molecule has 0 atom stereocenters. The highest BCUT2D eigenvalue weighted by Gasteiger charge is 2.15. The predicted octanol–water partition coefficient (Wildman–Crippen LogP) is 5.32. The van der Waals surface area contributed by atoms with E-state index < -0.39 is 11.9 Å². The summed E-state index contributed by atoms with van der Waals surface area (Å²) in [5.41, 5.74) is 2.48. The van der Waals surface area contributed by atoms with Gasteiger partial charge in [0, 0.05) is 0 Å². The summed E-state index contributed by atoms with van der Waals surface area (Å²) >= 11 is 0. The zero-order valence-electron chi connectivity index (χ0n) is 21.4. The summed E-state index contributed by atoms with van der Waals surface area (Å²) in [6, 6.07) is 16.0. The number of carbonyl (C=O) groups excluding carboxylic acids is 2. The van der Waals surface area contributed by atoms with Gasteiger partial charge in [-0.2, -0.15) is 5.26 Å². The van der Waals surface area contributed by atoms with Crippen LogP contribution in [-0.2, 0) is 16.1 Å². The van der Waals surface area contributed by atoms with E-state index >= 15 is 0 Å². The Bertz CT molecular complexity index is 1300. The summed E-state index contributed by atoms with van der Waals surface area (Å²) in [7, 11) is 0. The van der Waals surface area contributed by atoms with Crippen LogP contribution in [0.25, 0.3) is 6.08 Å². The normalized spacial score (nSPS) is 11.1. The third-order valence-electron chi connectivity index (χ3n) is 5.31. The lowest BCUT2D eigenvalue weighted by atomic mass is 10.0. The molecule has 0 aliphatic rings. The molecule has 192 valence electrons. The minimum atomic E-state index is -0.588. The first-order valence-electron chi connectivity index (χ1n) is 11.9. The Balaban J connectivity index is 1.70. The Morgan fingerprint density at radius 3 is 2.57 bits per heavy atom. The van der Waals surface area contributed by atoms with Crippen LogP contribution in [0.3, 0.4) is 0 Å². The molecule has 1 aromatic heterocycles. The van der Waals surface area contributed by atoms with Gasteiger partial charge in [0.2, 0.25) is 0 Å². The molecule has 8 nitrogen and oxygen atoms in total. The molecule has 0 aliphatic heterocycles. The van der Waals surface area contributed by atoms with E-state index in [1.54, 1.807) is 37.3 Å². The largest absolute Gasteiger partial charge is 0.490 e. The molecule has 0 unspecified atom stereocenters. The van der Waals surface area contributed by atoms with Gasteiger partial charge in [0.15, 0.2) is 18.1 Å². The van der Waals surface area contributed by atoms with Crippen LogP contribution < -0.4 is 19.5 Å². The van der Waals surface area contributed by atoms with E-state index in [0.717, 1.165) is 11.1 Å². The number of furan rings is 1. The highest BCUT2D eigenvalue weighted by atomic mass is 16.6. The lowest BCUT2D eigenvalue weighted by molar-refractivity contribution is -0.136. The van der Waals surface area contributed by atoms with E-state index in [4.69, 9.17) is 18.6 Å². The number of nitrogens with one attached hydrogen (secondary N) is 1. The second-order valence-electron chi connectivity index (χ2n) is 8.53. The van der Waals surface area contributed by atoms with Gasteiger partial charge < -0.3 is 23.9 Å². The van der Waals surface area contributed by atoms with Crippen molar-refractivity contribution in [2.24, 2.45) is 0 Å². The molecular weight excluding hydrogens is 472 g/mol. The first-order chi connectivity index (χ1) is 17.8. The van der Waals surface area contributed by atoms with Gasteiger partial charge in [-0.25, -0.2) is 4.79 Å². The van der Waals surface area contributed by atoms with Crippen molar-refractivity contribution >= 4 is 18.0 Å². The fourth-order valence-corrected chi connectivity index (χ4v) is 3.49. The van der Waals surface area contributed by atoms with Gasteiger partial charge in [-0.05, 0) is 72.9 Å². The molecular formula is C29H30N2O6. The predicted molar refractivity (Wildman–Crippen MR) is 138 cm³/mol. The maximum Gasteiger partial charge on any atom is 0.349 e. The number of aryl methyl sites for hydroxylation is 1. The van der Waals surface area contributed by atoms with Crippen molar-refractivity contribution in [3.63, 3.8) is 0 Å². The van der Waals surface area contributed by atoms with E-state index in [0.29, 0.717) is 29.4 Å². The van der Waals surface area contributed by atoms with Crippen LogP contribution in [0.15, 0.2) is 64.8 Å². The van der Waals surface area contributed by atoms with Crippen molar-refractivity contribution < 1.29 is 28.2 Å². The molecule has 0 aliphatic carbocycles. The first kappa shape index (κ1) is 27.1. The van der Waals surface area contributed by atoms with Crippen LogP contribution in [0.2, 0.25) is 0 Å². The van der Waals surface area contributed by atoms with Crippen LogP contribution >= 0.6 is 0 Å². The Morgan fingerprint density at radius 1 is 1.08 bits per heavy atom. The molecule has 0 spiro atoms. The number of nitrogens with zero attached hydrogens (tertiary/aromatic N) is 1. The van der Waals surface area contributed by atoms with Gasteiger partial charge in [0.25, 0.3) is 5.91 Å². The van der Waals surface area contributed by atoms with Crippen LogP contribution in [-0.4, -0.2) is 25.1 Å². The average molecular weight is 503 g/mol. The molecule has 0 saturated carbocycles. The quantitative estimate of drug-likeness (QED) is 0.164. The maximum atomic E-state index is 12.6. The van der Waals surface area contributed by atoms with Gasteiger partial charge in [-0.3, -0.25) is 4.79 Å². The summed E-state index contributed by atoms with van der Waals surface area (Å²) in [4.78, 5) is 25.0. The lowest BCUT2D eigenvalue weighted by Crippen LogP contribution is -2.23. The maximum absolute atomic E-state index is 12.6. The Hall–Kier alpha value is -4.51. The number of benzene rings is 2. The number of hydrogen-bond donors (Lipinski definition) is 1. The Labute approximate surface area is 216 Å². The molecule has 0 bridgehead atoms. The van der Waals surface area contributed by atoms with Crippen LogP contribution in [0, 0.1) is 18.3 Å². The molecule has 1 N–H and O–H groups in total. The SMILES string of the molecule is CCOc1cc(/C=C(\C#N)C(=O)NCc2ccco2)ccc1OC(=O)COc1cc(C)ccc1C(C)C. The number of rotatable bonds is 11. The number of hydrogen-bond acceptors (Lipinski definition) is 7. The lowest BCUT2D eigenvalue weighted by Gasteiger charge is -2.15. The molecule has 8 heteroatoms. The number of ether oxygens (including phenoxy) is 3. The van der Waals surface area contributed by atoms with Gasteiger partial charge in [-0.15, -0.1) is 0 Å². The van der Waals surface area contributed by atoms with E-state index in [2.05, 4.69) is 19.2 Å². The average Bonchev–Trinajstić information content (AvgIpc) is 3.40. The highest BCUT2D eigenvalue weighted by Crippen LogP contribution is 2.30. The Kier molecular flexibility index (Phi) is 9.50. The molecule has 2 aromatic carbocycles. The van der Waals surface area contributed by atoms with Crippen LogP contribution in [0.4, 0.5) is 0 Å². The third-order valence-corrected chi connectivity index (χ3v) is 5.31. The summed E-state index contributed by atoms with van der Waals surface area (Å²) in [6.45, 7) is 8.08. The molecule has 3 rings (SSSR count). The van der Waals surface area contributed by atoms with Gasteiger partial charge in [0.05, 0.1) is 19.4 Å². The fraction of sp³-hybridized carbons (Fsp3) is 0.276. The molecule has 0 saturated heterocycles. The second-order valence-corrected chi connectivity index (χ2v) is 8.53. The van der Waals surface area contributed by atoms with Crippen molar-refractivity contribution in [1.82, 2.24) is 5.32 Å². The minimum Gasteiger partial charge on any atom is -0.490 e. The van der Waals surface area contributed by atoms with E-state index in [9.17, 15) is 14.9 Å². The summed E-state index contributed by atoms with van der Waals surface area (Å²) in [5, 5.41) is 12.1. The number of carbonyl (C=O) groups is 2. The molecule has 0 fully saturated rings. The topological polar surface area (TPSA) is 111 Å². The van der Waals surface area contributed by atoms with Crippen molar-refractivity contribution in [3.05, 3.63) is 82.8 Å². The monoisotopic (exact) mass is 502 g/mol. The second kappa shape index (κ2) is 13.0. The van der Waals surface area contributed by atoms with E-state index in [1.807, 2.05) is 31.2 Å². The number of nitriles is 1. The summed E-state index contributed by atoms with van der Waals surface area (Å²) in [6.07, 6.45) is 2.93. The molecule has 1 amide bonds. The zero-order valence-corrected chi connectivity index (χ0v) is 21.4. The standard InChI is InChI=1S/C29H30N2O6/c1-5-34-27-15-21(14-22(16-30)29(33)31-17-23-7-6-12-35-23)9-11-25(27)37-28(32)18-36-26-13-20(4)8-10-24(26)19(2)3/h6-15,19H,5,17-18H2,1-4H3,(H,31,33)/b22-14+. The first-order valence-corrected chi connectivity index (χ1v) is 11.9. The number of esters is 1.